The number of methoxy groups -OCH3 is 1. The van der Waals surface area contributed by atoms with Crippen LogP contribution < -0.4 is 0 Å². The summed E-state index contributed by atoms with van der Waals surface area (Å²) in [5.41, 5.74) is 2.55. The first-order valence-corrected chi connectivity index (χ1v) is 9.18. The Kier molecular flexibility index (Phi) is 10.9. The van der Waals surface area contributed by atoms with Crippen LogP contribution in [0, 0.1) is 0 Å². The summed E-state index contributed by atoms with van der Waals surface area (Å²) < 4.78 is 4.61. The summed E-state index contributed by atoms with van der Waals surface area (Å²) in [7, 11) is 1.40. The van der Waals surface area contributed by atoms with Crippen LogP contribution >= 0.6 is 0 Å². The number of hydrogen-bond acceptors (Lipinski definition) is 3. The summed E-state index contributed by atoms with van der Waals surface area (Å²) in [5, 5.41) is 10.1. The van der Waals surface area contributed by atoms with Crippen LogP contribution in [0.25, 0.3) is 6.08 Å². The molecule has 1 rings (SSSR count). The van der Waals surface area contributed by atoms with Gasteiger partial charge in [-0.15, -0.1) is 0 Å². The Morgan fingerprint density at radius 3 is 2.71 bits per heavy atom. The lowest BCUT2D eigenvalue weighted by atomic mass is 10.00. The van der Waals surface area contributed by atoms with Crippen LogP contribution in [0.3, 0.4) is 0 Å². The number of aliphatic hydroxyl groups excluding tert-OH is 1. The zero-order valence-electron chi connectivity index (χ0n) is 15.2. The van der Waals surface area contributed by atoms with E-state index in [4.69, 9.17) is 0 Å². The molecule has 1 atom stereocenters. The second kappa shape index (κ2) is 12.8. The Morgan fingerprint density at radius 2 is 1.96 bits per heavy atom. The highest BCUT2D eigenvalue weighted by Gasteiger charge is 2.04. The van der Waals surface area contributed by atoms with Gasteiger partial charge in [0.25, 0.3) is 0 Å². The van der Waals surface area contributed by atoms with E-state index in [1.165, 1.54) is 43.9 Å². The van der Waals surface area contributed by atoms with E-state index in [1.807, 2.05) is 18.2 Å². The zero-order valence-corrected chi connectivity index (χ0v) is 15.2. The molecule has 3 heteroatoms. The molecule has 0 bridgehead atoms. The predicted molar refractivity (Wildman–Crippen MR) is 99.8 cm³/mol. The number of rotatable bonds is 12. The van der Waals surface area contributed by atoms with Crippen molar-refractivity contribution < 1.29 is 14.6 Å². The second-order valence-electron chi connectivity index (χ2n) is 6.26. The van der Waals surface area contributed by atoms with Crippen LogP contribution in [0.4, 0.5) is 0 Å². The Morgan fingerprint density at radius 1 is 1.17 bits per heavy atom. The fourth-order valence-corrected chi connectivity index (χ4v) is 2.70. The molecule has 0 aliphatic carbocycles. The fourth-order valence-electron chi connectivity index (χ4n) is 2.70. The van der Waals surface area contributed by atoms with Gasteiger partial charge in [-0.2, -0.15) is 0 Å². The maximum Gasteiger partial charge on any atom is 0.305 e. The van der Waals surface area contributed by atoms with E-state index < -0.39 is 6.10 Å². The van der Waals surface area contributed by atoms with Gasteiger partial charge in [0, 0.05) is 6.42 Å². The smallest absolute Gasteiger partial charge is 0.305 e. The lowest BCUT2D eigenvalue weighted by Gasteiger charge is -2.08. The quantitative estimate of drug-likeness (QED) is 0.437. The van der Waals surface area contributed by atoms with E-state index in [9.17, 15) is 9.90 Å². The summed E-state index contributed by atoms with van der Waals surface area (Å²) in [6.45, 7) is 2.23. The van der Waals surface area contributed by atoms with Gasteiger partial charge in [0.1, 0.15) is 0 Å². The molecule has 24 heavy (non-hydrogen) atoms. The van der Waals surface area contributed by atoms with Crippen molar-refractivity contribution in [3.8, 4) is 0 Å². The molecule has 1 N–H and O–H groups in total. The van der Waals surface area contributed by atoms with Gasteiger partial charge in [-0.3, -0.25) is 4.79 Å². The van der Waals surface area contributed by atoms with Gasteiger partial charge in [-0.05, 0) is 43.2 Å². The van der Waals surface area contributed by atoms with Gasteiger partial charge in [-0.25, -0.2) is 0 Å². The molecule has 1 unspecified atom stereocenters. The molecule has 1 aromatic rings. The van der Waals surface area contributed by atoms with Gasteiger partial charge < -0.3 is 9.84 Å². The number of hydrogen-bond donors (Lipinski definition) is 1. The van der Waals surface area contributed by atoms with Gasteiger partial charge in [0.05, 0.1) is 13.2 Å². The molecule has 3 nitrogen and oxygen atoms in total. The topological polar surface area (TPSA) is 46.5 Å². The lowest BCUT2D eigenvalue weighted by Crippen LogP contribution is -2.04. The van der Waals surface area contributed by atoms with Crippen LogP contribution in [0.1, 0.15) is 69.4 Å². The lowest BCUT2D eigenvalue weighted by molar-refractivity contribution is -0.140. The Balaban J connectivity index is 2.40. The minimum atomic E-state index is -0.462. The van der Waals surface area contributed by atoms with E-state index >= 15 is 0 Å². The van der Waals surface area contributed by atoms with Crippen molar-refractivity contribution in [1.29, 1.82) is 0 Å². The highest BCUT2D eigenvalue weighted by atomic mass is 16.5. The van der Waals surface area contributed by atoms with E-state index in [0.717, 1.165) is 19.3 Å². The third kappa shape index (κ3) is 8.88. The monoisotopic (exact) mass is 332 g/mol. The summed E-state index contributed by atoms with van der Waals surface area (Å²) in [6, 6.07) is 8.40. The van der Waals surface area contributed by atoms with Crippen molar-refractivity contribution in [2.75, 3.05) is 7.11 Å². The number of esters is 1. The van der Waals surface area contributed by atoms with Gasteiger partial charge >= 0.3 is 5.97 Å². The summed E-state index contributed by atoms with van der Waals surface area (Å²) >= 11 is 0. The molecule has 0 spiro atoms. The molecule has 0 aliphatic heterocycles. The summed E-state index contributed by atoms with van der Waals surface area (Å²) in [5.74, 6) is -0.183. The summed E-state index contributed by atoms with van der Waals surface area (Å²) in [4.78, 5) is 11.0. The molecule has 0 heterocycles. The Labute approximate surface area is 146 Å². The van der Waals surface area contributed by atoms with Crippen LogP contribution in [0.15, 0.2) is 30.3 Å². The molecule has 0 fully saturated rings. The van der Waals surface area contributed by atoms with Crippen molar-refractivity contribution in [1.82, 2.24) is 0 Å². The van der Waals surface area contributed by atoms with E-state index in [2.05, 4.69) is 29.9 Å². The largest absolute Gasteiger partial charge is 0.469 e. The van der Waals surface area contributed by atoms with Crippen molar-refractivity contribution in [3.05, 3.63) is 41.5 Å². The van der Waals surface area contributed by atoms with E-state index in [0.29, 0.717) is 12.8 Å². The van der Waals surface area contributed by atoms with Crippen LogP contribution in [-0.4, -0.2) is 24.3 Å². The number of aryl methyl sites for hydroxylation is 1. The first-order valence-electron chi connectivity index (χ1n) is 9.18. The van der Waals surface area contributed by atoms with Crippen molar-refractivity contribution in [2.24, 2.45) is 0 Å². The average Bonchev–Trinajstić information content (AvgIpc) is 2.61. The predicted octanol–water partition coefficient (Wildman–Crippen LogP) is 4.92. The van der Waals surface area contributed by atoms with Crippen molar-refractivity contribution >= 4 is 12.0 Å². The highest BCUT2D eigenvalue weighted by Crippen LogP contribution is 2.16. The maximum absolute atomic E-state index is 11.0. The molecule has 0 saturated carbocycles. The first-order chi connectivity index (χ1) is 11.7. The first kappa shape index (κ1) is 20.4. The standard InChI is InChI=1S/C21H32O3/c1-3-4-5-6-11-18-12-7-8-13-19(18)16-17-20(22)14-9-10-15-21(23)24-2/h7-8,12-13,16-17,20,22H,3-6,9-11,14-15H2,1-2H3/b17-16+. The van der Waals surface area contributed by atoms with Gasteiger partial charge in [-0.1, -0.05) is 62.6 Å². The molecular weight excluding hydrogens is 300 g/mol. The highest BCUT2D eigenvalue weighted by molar-refractivity contribution is 5.68. The number of ether oxygens (including phenoxy) is 1. The average molecular weight is 332 g/mol. The zero-order chi connectivity index (χ0) is 17.6. The molecule has 0 radical (unpaired) electrons. The normalized spacial score (nSPS) is 12.5. The number of benzene rings is 1. The molecular formula is C21H32O3. The number of aliphatic hydroxyl groups is 1. The Bertz CT molecular complexity index is 494. The van der Waals surface area contributed by atoms with E-state index in [1.54, 1.807) is 0 Å². The number of carbonyl (C=O) groups excluding carboxylic acids is 1. The van der Waals surface area contributed by atoms with Gasteiger partial charge in [0.2, 0.25) is 0 Å². The molecule has 1 aromatic carbocycles. The van der Waals surface area contributed by atoms with Crippen LogP contribution in [0.2, 0.25) is 0 Å². The van der Waals surface area contributed by atoms with Gasteiger partial charge in [0.15, 0.2) is 0 Å². The van der Waals surface area contributed by atoms with Crippen LogP contribution in [0.5, 0.6) is 0 Å². The fraction of sp³-hybridized carbons (Fsp3) is 0.571. The Hall–Kier alpha value is -1.61. The molecule has 0 aliphatic rings. The summed E-state index contributed by atoms with van der Waals surface area (Å²) in [6.07, 6.45) is 12.2. The number of carbonyl (C=O) groups is 1. The van der Waals surface area contributed by atoms with E-state index in [-0.39, 0.29) is 5.97 Å². The minimum absolute atomic E-state index is 0.183. The maximum atomic E-state index is 11.0. The molecule has 134 valence electrons. The third-order valence-corrected chi connectivity index (χ3v) is 4.21. The second-order valence-corrected chi connectivity index (χ2v) is 6.26. The SMILES string of the molecule is CCCCCCc1ccccc1/C=C/C(O)CCCCC(=O)OC. The molecule has 0 amide bonds. The van der Waals surface area contributed by atoms with Crippen molar-refractivity contribution in [3.63, 3.8) is 0 Å². The minimum Gasteiger partial charge on any atom is -0.469 e. The molecule has 0 saturated heterocycles. The molecule has 0 aromatic heterocycles. The van der Waals surface area contributed by atoms with Crippen LogP contribution in [-0.2, 0) is 16.0 Å². The number of unbranched alkanes of at least 4 members (excludes halogenated alkanes) is 4. The van der Waals surface area contributed by atoms with Crippen molar-refractivity contribution in [2.45, 2.75) is 70.8 Å². The third-order valence-electron chi connectivity index (χ3n) is 4.21.